The minimum absolute atomic E-state index is 0.188. The van der Waals surface area contributed by atoms with Crippen molar-refractivity contribution in [3.05, 3.63) is 34.7 Å². The Kier molecular flexibility index (Phi) is 6.49. The number of piperazine rings is 1. The van der Waals surface area contributed by atoms with Crippen molar-refractivity contribution in [2.45, 2.75) is 0 Å². The lowest BCUT2D eigenvalue weighted by molar-refractivity contribution is -0.904. The normalized spacial score (nSPS) is 19.4. The third-order valence-corrected chi connectivity index (χ3v) is 5.39. The van der Waals surface area contributed by atoms with Crippen molar-refractivity contribution < 1.29 is 29.4 Å². The van der Waals surface area contributed by atoms with Crippen LogP contribution in [0.25, 0.3) is 6.08 Å². The lowest BCUT2D eigenvalue weighted by Gasteiger charge is -2.32. The molecule has 0 unspecified atom stereocenters. The van der Waals surface area contributed by atoms with Gasteiger partial charge in [-0.2, -0.15) is 4.99 Å². The number of nitrogens with one attached hydrogen (secondary N) is 1. The van der Waals surface area contributed by atoms with Crippen molar-refractivity contribution in [2.24, 2.45) is 4.99 Å². The smallest absolute Gasteiger partial charge is 0.286 e. The zero-order chi connectivity index (χ0) is 19.2. The van der Waals surface area contributed by atoms with E-state index in [0.717, 1.165) is 43.5 Å². The Hall–Kier alpha value is -2.36. The molecular weight excluding hydrogens is 370 g/mol. The number of carbonyl (C=O) groups excluding carboxylic acids is 2. The number of thioether (sulfide) groups is 1. The molecule has 8 nitrogen and oxygen atoms in total. The molecule has 0 atom stereocenters. The number of ether oxygens (including phenoxy) is 1. The largest absolute Gasteiger partial charge is 0.546 e. The molecule has 1 fully saturated rings. The van der Waals surface area contributed by atoms with Gasteiger partial charge in [-0.3, -0.25) is 4.79 Å². The van der Waals surface area contributed by atoms with Crippen molar-refractivity contribution in [3.63, 3.8) is 0 Å². The van der Waals surface area contributed by atoms with Crippen LogP contribution in [0, 0.1) is 0 Å². The first-order valence-corrected chi connectivity index (χ1v) is 9.51. The van der Waals surface area contributed by atoms with E-state index in [4.69, 9.17) is 9.84 Å². The van der Waals surface area contributed by atoms with Gasteiger partial charge in [0.25, 0.3) is 5.91 Å². The molecule has 0 spiro atoms. The molecule has 1 aromatic carbocycles. The Bertz CT molecular complexity index is 755. The van der Waals surface area contributed by atoms with Crippen molar-refractivity contribution in [2.75, 3.05) is 45.9 Å². The van der Waals surface area contributed by atoms with E-state index in [1.165, 1.54) is 16.7 Å². The van der Waals surface area contributed by atoms with Gasteiger partial charge in [0.15, 0.2) is 5.17 Å². The third kappa shape index (κ3) is 5.31. The van der Waals surface area contributed by atoms with Gasteiger partial charge in [0.2, 0.25) is 0 Å². The van der Waals surface area contributed by atoms with Gasteiger partial charge in [-0.25, -0.2) is 0 Å². The van der Waals surface area contributed by atoms with Gasteiger partial charge < -0.3 is 29.5 Å². The quantitative estimate of drug-likeness (QED) is 0.539. The Labute approximate surface area is 161 Å². The summed E-state index contributed by atoms with van der Waals surface area (Å²) < 4.78 is 5.03. The average Bonchev–Trinajstić information content (AvgIpc) is 3.02. The van der Waals surface area contributed by atoms with Gasteiger partial charge in [0, 0.05) is 0 Å². The highest BCUT2D eigenvalue weighted by atomic mass is 32.2. The number of carbonyl (C=O) groups is 2. The minimum Gasteiger partial charge on any atom is -0.546 e. The summed E-state index contributed by atoms with van der Waals surface area (Å²) in [5.41, 5.74) is 0.806. The van der Waals surface area contributed by atoms with E-state index in [1.54, 1.807) is 30.3 Å². The molecule has 2 N–H and O–H groups in total. The highest BCUT2D eigenvalue weighted by Gasteiger charge is 2.29. The molecule has 1 amide bonds. The summed E-state index contributed by atoms with van der Waals surface area (Å²) in [4.78, 5) is 30.8. The molecule has 0 aliphatic carbocycles. The highest BCUT2D eigenvalue weighted by Crippen LogP contribution is 2.30. The molecular formula is C18H21N3O5S. The zero-order valence-electron chi connectivity index (χ0n) is 14.7. The summed E-state index contributed by atoms with van der Waals surface area (Å²) >= 11 is 1.36. The molecule has 0 aromatic heterocycles. The topological polar surface area (TPSA) is 107 Å². The van der Waals surface area contributed by atoms with E-state index in [9.17, 15) is 14.7 Å². The Balaban J connectivity index is 1.58. The van der Waals surface area contributed by atoms with Gasteiger partial charge in [0.1, 0.15) is 18.9 Å². The van der Waals surface area contributed by atoms with E-state index < -0.39 is 12.6 Å². The highest BCUT2D eigenvalue weighted by molar-refractivity contribution is 8.18. The van der Waals surface area contributed by atoms with Crippen LogP contribution in [0.1, 0.15) is 5.56 Å². The predicted octanol–water partition coefficient (Wildman–Crippen LogP) is -2.02. The lowest BCUT2D eigenvalue weighted by atomic mass is 10.2. The minimum atomic E-state index is -1.28. The van der Waals surface area contributed by atoms with Gasteiger partial charge in [-0.1, -0.05) is 12.1 Å². The monoisotopic (exact) mass is 391 g/mol. The van der Waals surface area contributed by atoms with E-state index in [-0.39, 0.29) is 12.5 Å². The number of carboxylic acids is 1. The number of hydrogen-bond acceptors (Lipinski definition) is 7. The van der Waals surface area contributed by atoms with Crippen LogP contribution < -0.4 is 14.7 Å². The molecule has 1 saturated heterocycles. The first kappa shape index (κ1) is 19.4. The second-order valence-corrected chi connectivity index (χ2v) is 7.26. The van der Waals surface area contributed by atoms with Crippen molar-refractivity contribution in [1.82, 2.24) is 4.90 Å². The van der Waals surface area contributed by atoms with Crippen LogP contribution in [0.5, 0.6) is 5.75 Å². The summed E-state index contributed by atoms with van der Waals surface area (Å²) in [5, 5.41) is 20.2. The molecule has 1 aromatic rings. The van der Waals surface area contributed by atoms with Crippen LogP contribution in [0.3, 0.4) is 0 Å². The number of amides is 1. The van der Waals surface area contributed by atoms with Crippen LogP contribution in [0.2, 0.25) is 0 Å². The van der Waals surface area contributed by atoms with E-state index in [2.05, 4.69) is 9.89 Å². The molecule has 144 valence electrons. The fraction of sp³-hybridized carbons (Fsp3) is 0.389. The lowest BCUT2D eigenvalue weighted by Crippen LogP contribution is -3.15. The number of aliphatic carboxylic acids is 1. The van der Waals surface area contributed by atoms with Crippen molar-refractivity contribution >= 4 is 34.9 Å². The summed E-state index contributed by atoms with van der Waals surface area (Å²) in [6.07, 6.45) is 1.76. The van der Waals surface area contributed by atoms with Crippen LogP contribution >= 0.6 is 11.8 Å². The summed E-state index contributed by atoms with van der Waals surface area (Å²) in [6, 6.07) is 6.79. The first-order valence-electron chi connectivity index (χ1n) is 8.70. The maximum atomic E-state index is 12.2. The van der Waals surface area contributed by atoms with Crippen LogP contribution in [0.15, 0.2) is 34.2 Å². The zero-order valence-corrected chi connectivity index (χ0v) is 15.5. The van der Waals surface area contributed by atoms with Crippen LogP contribution in [-0.2, 0) is 9.59 Å². The Morgan fingerprint density at radius 1 is 1.33 bits per heavy atom. The molecule has 3 rings (SSSR count). The summed E-state index contributed by atoms with van der Waals surface area (Å²) in [5.74, 6) is -1.11. The number of carboxylic acid groups (broad SMARTS) is 1. The Morgan fingerprint density at radius 3 is 2.67 bits per heavy atom. The molecule has 9 heteroatoms. The number of aliphatic hydroxyl groups excluding tert-OH is 1. The third-order valence-electron chi connectivity index (χ3n) is 4.35. The summed E-state index contributed by atoms with van der Waals surface area (Å²) in [7, 11) is 0. The van der Waals surface area contributed by atoms with Gasteiger partial charge in [-0.15, -0.1) is 0 Å². The van der Waals surface area contributed by atoms with E-state index in [1.807, 2.05) is 0 Å². The molecule has 2 aliphatic heterocycles. The SMILES string of the molecule is O=C([O-])COc1ccc(/C=C2/SC(N3CC[NH+](CCO)CC3)=NC2=O)cc1. The molecule has 0 saturated carbocycles. The average molecular weight is 391 g/mol. The van der Waals surface area contributed by atoms with Gasteiger partial charge in [0.05, 0.1) is 43.7 Å². The van der Waals surface area contributed by atoms with Crippen molar-refractivity contribution in [1.29, 1.82) is 0 Å². The number of quaternary nitrogens is 1. The standard InChI is InChI=1S/C18H21N3O5S/c22-10-9-20-5-7-21(8-6-20)18-19-17(25)15(27-18)11-13-1-3-14(4-2-13)26-12-16(23)24/h1-4,11,22H,5-10,12H2,(H,23,24)/b15-11+. The maximum absolute atomic E-state index is 12.2. The second kappa shape index (κ2) is 9.03. The number of hydrogen-bond donors (Lipinski definition) is 2. The van der Waals surface area contributed by atoms with E-state index in [0.29, 0.717) is 10.7 Å². The number of benzene rings is 1. The predicted molar refractivity (Wildman–Crippen MR) is 99.2 cm³/mol. The number of rotatable bonds is 6. The van der Waals surface area contributed by atoms with E-state index >= 15 is 0 Å². The number of aliphatic hydroxyl groups is 1. The van der Waals surface area contributed by atoms with Crippen LogP contribution in [-0.4, -0.2) is 73.0 Å². The molecule has 27 heavy (non-hydrogen) atoms. The fourth-order valence-electron chi connectivity index (χ4n) is 2.91. The number of aliphatic imine (C=N–C) groups is 1. The van der Waals surface area contributed by atoms with Gasteiger partial charge >= 0.3 is 0 Å². The molecule has 0 radical (unpaired) electrons. The number of amidine groups is 1. The van der Waals surface area contributed by atoms with Gasteiger partial charge in [-0.05, 0) is 35.5 Å². The molecule has 2 aliphatic rings. The first-order chi connectivity index (χ1) is 13.0. The molecule has 2 heterocycles. The fourth-order valence-corrected chi connectivity index (χ4v) is 3.87. The Morgan fingerprint density at radius 2 is 2.04 bits per heavy atom. The van der Waals surface area contributed by atoms with Crippen molar-refractivity contribution in [3.8, 4) is 5.75 Å². The summed E-state index contributed by atoms with van der Waals surface area (Å²) in [6.45, 7) is 3.90. The second-order valence-electron chi connectivity index (χ2n) is 6.25. The number of nitrogens with zero attached hydrogens (tertiary/aromatic N) is 2. The van der Waals surface area contributed by atoms with Crippen LogP contribution in [0.4, 0.5) is 0 Å². The maximum Gasteiger partial charge on any atom is 0.286 e. The molecule has 0 bridgehead atoms.